The van der Waals surface area contributed by atoms with Crippen LogP contribution in [0.25, 0.3) is 0 Å². The molecule has 0 aromatic carbocycles. The Morgan fingerprint density at radius 3 is 1.55 bits per heavy atom. The number of nitrogens with zero attached hydrogens (tertiary/aromatic N) is 1. The minimum absolute atomic E-state index is 0.307. The van der Waals surface area contributed by atoms with Gasteiger partial charge in [0.25, 0.3) is 0 Å². The summed E-state index contributed by atoms with van der Waals surface area (Å²) in [4.78, 5) is 1.99. The Bertz CT molecular complexity index is 125. The molecule has 0 aliphatic rings. The van der Waals surface area contributed by atoms with Crippen molar-refractivity contribution >= 4 is 0 Å². The highest BCUT2D eigenvalue weighted by molar-refractivity contribution is 4.70. The van der Waals surface area contributed by atoms with Gasteiger partial charge in [-0.15, -0.1) is 0 Å². The fraction of sp³-hybridized carbons (Fsp3) is 1.00. The van der Waals surface area contributed by atoms with Gasteiger partial charge in [0, 0.05) is 0 Å². The molecule has 0 aliphatic heterocycles. The van der Waals surface area contributed by atoms with E-state index >= 15 is 0 Å². The van der Waals surface area contributed by atoms with Crippen LogP contribution >= 0.6 is 0 Å². The van der Waals surface area contributed by atoms with Crippen molar-refractivity contribution in [2.45, 2.75) is 39.1 Å². The van der Waals surface area contributed by atoms with E-state index in [1.54, 1.807) is 0 Å². The number of hydrogen-bond acceptors (Lipinski definition) is 3. The number of hydrogen-bond donors (Lipinski definition) is 1. The third kappa shape index (κ3) is 4.35. The molecule has 2 N–H and O–H groups in total. The first kappa shape index (κ1) is 10.9. The van der Waals surface area contributed by atoms with E-state index in [1.165, 1.54) is 0 Å². The lowest BCUT2D eigenvalue weighted by Gasteiger charge is -2.38. The highest BCUT2D eigenvalue weighted by atomic mass is 16.5. The first-order valence-electron chi connectivity index (χ1n) is 3.81. The zero-order chi connectivity index (χ0) is 9.28. The second-order valence-corrected chi connectivity index (χ2v) is 4.05. The molecule has 0 aliphatic carbocycles. The lowest BCUT2D eigenvalue weighted by atomic mass is 10.2. The van der Waals surface area contributed by atoms with Crippen LogP contribution in [-0.4, -0.2) is 30.4 Å². The molecule has 0 saturated heterocycles. The van der Waals surface area contributed by atoms with Gasteiger partial charge in [-0.2, -0.15) is 0 Å². The van der Waals surface area contributed by atoms with Crippen LogP contribution in [0.3, 0.4) is 0 Å². The van der Waals surface area contributed by atoms with E-state index in [0.717, 1.165) is 0 Å². The second-order valence-electron chi connectivity index (χ2n) is 4.05. The average molecular weight is 160 g/mol. The summed E-state index contributed by atoms with van der Waals surface area (Å²) < 4.78 is 5.59. The molecule has 68 valence electrons. The van der Waals surface area contributed by atoms with Gasteiger partial charge in [0.1, 0.15) is 11.4 Å². The van der Waals surface area contributed by atoms with Crippen molar-refractivity contribution in [3.63, 3.8) is 0 Å². The minimum Gasteiger partial charge on any atom is -0.341 e. The Kier molecular flexibility index (Phi) is 3.06. The summed E-state index contributed by atoms with van der Waals surface area (Å²) in [6, 6.07) is 0. The topological polar surface area (TPSA) is 38.5 Å². The third-order valence-electron chi connectivity index (χ3n) is 1.59. The van der Waals surface area contributed by atoms with Crippen LogP contribution in [0, 0.1) is 0 Å². The molecule has 0 spiro atoms. The van der Waals surface area contributed by atoms with E-state index in [0.29, 0.717) is 0 Å². The molecular weight excluding hydrogens is 140 g/mol. The highest BCUT2D eigenvalue weighted by Gasteiger charge is 2.27. The van der Waals surface area contributed by atoms with Gasteiger partial charge in [0.2, 0.25) is 0 Å². The number of rotatable bonds is 3. The van der Waals surface area contributed by atoms with Gasteiger partial charge in [0.15, 0.2) is 0 Å². The number of nitrogens with two attached hydrogens (primary N) is 1. The van der Waals surface area contributed by atoms with Gasteiger partial charge >= 0.3 is 0 Å². The first-order chi connectivity index (χ1) is 4.65. The van der Waals surface area contributed by atoms with E-state index < -0.39 is 5.72 Å². The van der Waals surface area contributed by atoms with Crippen LogP contribution in [0.5, 0.6) is 0 Å². The van der Waals surface area contributed by atoms with Crippen LogP contribution in [0.15, 0.2) is 0 Å². The fourth-order valence-corrected chi connectivity index (χ4v) is 0.735. The van der Waals surface area contributed by atoms with Crippen molar-refractivity contribution in [3.05, 3.63) is 0 Å². The summed E-state index contributed by atoms with van der Waals surface area (Å²) in [5, 5.41) is 0. The van der Waals surface area contributed by atoms with Crippen LogP contribution < -0.4 is 5.73 Å². The van der Waals surface area contributed by atoms with E-state index in [1.807, 2.05) is 46.7 Å². The summed E-state index contributed by atoms with van der Waals surface area (Å²) in [5.41, 5.74) is 4.83. The third-order valence-corrected chi connectivity index (χ3v) is 1.59. The maximum absolute atomic E-state index is 5.71. The SMILES string of the molecule is CN(C)C(C)(C)OC(C)(C)N. The predicted octanol–water partition coefficient (Wildman–Crippen LogP) is 0.995. The molecule has 0 unspecified atom stereocenters. The summed E-state index contributed by atoms with van der Waals surface area (Å²) in [6.45, 7) is 7.67. The van der Waals surface area contributed by atoms with Gasteiger partial charge in [-0.25, -0.2) is 0 Å². The molecule has 0 rings (SSSR count). The second kappa shape index (κ2) is 3.09. The van der Waals surface area contributed by atoms with Crippen LogP contribution in [0.1, 0.15) is 27.7 Å². The van der Waals surface area contributed by atoms with Crippen molar-refractivity contribution in [2.75, 3.05) is 14.1 Å². The maximum atomic E-state index is 5.71. The van der Waals surface area contributed by atoms with E-state index in [2.05, 4.69) is 0 Å². The Morgan fingerprint density at radius 1 is 1.09 bits per heavy atom. The molecule has 0 bridgehead atoms. The molecule has 0 atom stereocenters. The van der Waals surface area contributed by atoms with E-state index in [9.17, 15) is 0 Å². The highest BCUT2D eigenvalue weighted by Crippen LogP contribution is 2.17. The van der Waals surface area contributed by atoms with Crippen molar-refractivity contribution in [1.29, 1.82) is 0 Å². The standard InChI is InChI=1S/C8H20N2O/c1-7(2,9)11-8(3,4)10(5)6/h9H2,1-6H3. The Labute approximate surface area is 69.5 Å². The summed E-state index contributed by atoms with van der Waals surface area (Å²) in [7, 11) is 3.93. The summed E-state index contributed by atoms with van der Waals surface area (Å²) in [5.74, 6) is 0. The average Bonchev–Trinajstić information content (AvgIpc) is 1.56. The molecule has 3 heteroatoms. The smallest absolute Gasteiger partial charge is 0.117 e. The van der Waals surface area contributed by atoms with Crippen LogP contribution in [0.4, 0.5) is 0 Å². The Morgan fingerprint density at radius 2 is 1.45 bits per heavy atom. The zero-order valence-electron chi connectivity index (χ0n) is 8.43. The van der Waals surface area contributed by atoms with Crippen molar-refractivity contribution < 1.29 is 4.74 Å². The maximum Gasteiger partial charge on any atom is 0.117 e. The predicted molar refractivity (Wildman–Crippen MR) is 47.1 cm³/mol. The van der Waals surface area contributed by atoms with Crippen molar-refractivity contribution in [2.24, 2.45) is 5.73 Å². The minimum atomic E-state index is -0.576. The molecule has 3 nitrogen and oxygen atoms in total. The van der Waals surface area contributed by atoms with Crippen LogP contribution in [0.2, 0.25) is 0 Å². The lowest BCUT2D eigenvalue weighted by molar-refractivity contribution is -0.182. The van der Waals surface area contributed by atoms with Gasteiger partial charge in [-0.05, 0) is 41.8 Å². The quantitative estimate of drug-likeness (QED) is 0.626. The first-order valence-corrected chi connectivity index (χ1v) is 3.81. The van der Waals surface area contributed by atoms with Crippen molar-refractivity contribution in [3.8, 4) is 0 Å². The van der Waals surface area contributed by atoms with Gasteiger partial charge < -0.3 is 10.5 Å². The molecular formula is C8H20N2O. The van der Waals surface area contributed by atoms with E-state index in [4.69, 9.17) is 10.5 Å². The number of ether oxygens (including phenoxy) is 1. The van der Waals surface area contributed by atoms with Gasteiger partial charge in [-0.3, -0.25) is 4.90 Å². The fourth-order valence-electron chi connectivity index (χ4n) is 0.735. The Balaban J connectivity index is 4.13. The molecule has 0 amide bonds. The summed E-state index contributed by atoms with van der Waals surface area (Å²) >= 11 is 0. The molecule has 0 aromatic rings. The molecule has 0 aromatic heterocycles. The molecule has 11 heavy (non-hydrogen) atoms. The largest absolute Gasteiger partial charge is 0.341 e. The Hall–Kier alpha value is -0.120. The summed E-state index contributed by atoms with van der Waals surface area (Å²) in [6.07, 6.45) is 0. The lowest BCUT2D eigenvalue weighted by Crippen LogP contribution is -2.50. The van der Waals surface area contributed by atoms with Crippen LogP contribution in [-0.2, 0) is 4.74 Å². The van der Waals surface area contributed by atoms with Gasteiger partial charge in [0.05, 0.1) is 0 Å². The van der Waals surface area contributed by atoms with E-state index in [-0.39, 0.29) is 5.72 Å². The van der Waals surface area contributed by atoms with Gasteiger partial charge in [-0.1, -0.05) is 0 Å². The monoisotopic (exact) mass is 160 g/mol. The molecule has 0 heterocycles. The molecule has 0 saturated carbocycles. The molecule has 0 fully saturated rings. The zero-order valence-corrected chi connectivity index (χ0v) is 8.43. The normalized spacial score (nSPS) is 14.2. The molecule has 0 radical (unpaired) electrons. The van der Waals surface area contributed by atoms with Crippen molar-refractivity contribution in [1.82, 2.24) is 4.90 Å².